The van der Waals surface area contributed by atoms with Crippen LogP contribution in [0.3, 0.4) is 0 Å². The van der Waals surface area contributed by atoms with Crippen LogP contribution in [-0.4, -0.2) is 12.6 Å². The normalized spacial score (nSPS) is 9.39. The lowest BCUT2D eigenvalue weighted by molar-refractivity contribution is -0.141. The Bertz CT molecular complexity index is 398. The zero-order valence-corrected chi connectivity index (χ0v) is 10.9. The summed E-state index contributed by atoms with van der Waals surface area (Å²) >= 11 is 0. The molecular formula is C16H20O2. The lowest BCUT2D eigenvalue weighted by Gasteiger charge is -1.97. The Morgan fingerprint density at radius 1 is 1.11 bits per heavy atom. The Labute approximate surface area is 109 Å². The van der Waals surface area contributed by atoms with Crippen LogP contribution in [0.15, 0.2) is 30.3 Å². The maximum Gasteiger partial charge on any atom is 0.302 e. The Hall–Kier alpha value is -1.75. The third-order valence-electron chi connectivity index (χ3n) is 2.49. The summed E-state index contributed by atoms with van der Waals surface area (Å²) in [5.74, 6) is 6.04. The summed E-state index contributed by atoms with van der Waals surface area (Å²) in [6.07, 6.45) is 4.75. The number of carbonyl (C=O) groups is 1. The van der Waals surface area contributed by atoms with E-state index in [1.165, 1.54) is 12.5 Å². The van der Waals surface area contributed by atoms with E-state index in [4.69, 9.17) is 4.74 Å². The van der Waals surface area contributed by atoms with Crippen molar-refractivity contribution in [3.8, 4) is 11.8 Å². The van der Waals surface area contributed by atoms with Gasteiger partial charge in [-0.2, -0.15) is 0 Å². The summed E-state index contributed by atoms with van der Waals surface area (Å²) in [5, 5.41) is 0. The van der Waals surface area contributed by atoms with Crippen LogP contribution in [0.25, 0.3) is 0 Å². The van der Waals surface area contributed by atoms with Crippen molar-refractivity contribution in [3.63, 3.8) is 0 Å². The first-order chi connectivity index (χ1) is 8.79. The van der Waals surface area contributed by atoms with Gasteiger partial charge in [0.2, 0.25) is 0 Å². The zero-order chi connectivity index (χ0) is 13.1. The third-order valence-corrected chi connectivity index (χ3v) is 2.49. The maximum absolute atomic E-state index is 10.5. The van der Waals surface area contributed by atoms with Crippen LogP contribution in [-0.2, 0) is 16.0 Å². The molecule has 0 spiro atoms. The molecule has 0 aromatic heterocycles. The van der Waals surface area contributed by atoms with Crippen LogP contribution in [0.2, 0.25) is 0 Å². The molecule has 0 aliphatic rings. The summed E-state index contributed by atoms with van der Waals surface area (Å²) in [7, 11) is 0. The number of esters is 1. The molecule has 0 heterocycles. The van der Waals surface area contributed by atoms with Gasteiger partial charge in [0.25, 0.3) is 0 Å². The van der Waals surface area contributed by atoms with Gasteiger partial charge in [-0.3, -0.25) is 4.79 Å². The van der Waals surface area contributed by atoms with Gasteiger partial charge in [-0.1, -0.05) is 30.3 Å². The van der Waals surface area contributed by atoms with Crippen molar-refractivity contribution in [1.82, 2.24) is 0 Å². The van der Waals surface area contributed by atoms with Crippen molar-refractivity contribution in [2.24, 2.45) is 0 Å². The van der Waals surface area contributed by atoms with Crippen molar-refractivity contribution < 1.29 is 9.53 Å². The summed E-state index contributed by atoms with van der Waals surface area (Å²) in [4.78, 5) is 10.5. The first kappa shape index (κ1) is 14.3. The molecule has 0 amide bonds. The highest BCUT2D eigenvalue weighted by Crippen LogP contribution is 2.03. The third kappa shape index (κ3) is 7.51. The van der Waals surface area contributed by atoms with Gasteiger partial charge < -0.3 is 4.74 Å². The SMILES string of the molecule is CC(=O)OCCCC#CCCCc1ccccc1. The molecule has 0 aliphatic carbocycles. The molecule has 18 heavy (non-hydrogen) atoms. The number of unbranched alkanes of at least 4 members (excludes halogenated alkanes) is 2. The fourth-order valence-electron chi connectivity index (χ4n) is 1.58. The summed E-state index contributed by atoms with van der Waals surface area (Å²) in [6.45, 7) is 1.91. The van der Waals surface area contributed by atoms with Gasteiger partial charge in [0, 0.05) is 19.8 Å². The predicted molar refractivity (Wildman–Crippen MR) is 73.0 cm³/mol. The molecule has 1 aromatic rings. The Balaban J connectivity index is 2.00. The highest BCUT2D eigenvalue weighted by molar-refractivity contribution is 5.65. The lowest BCUT2D eigenvalue weighted by atomic mass is 10.1. The summed E-state index contributed by atoms with van der Waals surface area (Å²) in [6, 6.07) is 10.5. The fraction of sp³-hybridized carbons (Fsp3) is 0.438. The quantitative estimate of drug-likeness (QED) is 0.436. The molecule has 0 radical (unpaired) electrons. The Morgan fingerprint density at radius 3 is 2.44 bits per heavy atom. The number of ether oxygens (including phenoxy) is 1. The van der Waals surface area contributed by atoms with Gasteiger partial charge in [0.15, 0.2) is 0 Å². The largest absolute Gasteiger partial charge is 0.466 e. The van der Waals surface area contributed by atoms with E-state index in [0.717, 1.165) is 32.1 Å². The van der Waals surface area contributed by atoms with Crippen LogP contribution in [0, 0.1) is 11.8 Å². The molecule has 0 unspecified atom stereocenters. The summed E-state index contributed by atoms with van der Waals surface area (Å²) in [5.41, 5.74) is 1.37. The predicted octanol–water partition coefficient (Wildman–Crippen LogP) is 3.36. The lowest BCUT2D eigenvalue weighted by Crippen LogP contribution is -1.99. The van der Waals surface area contributed by atoms with Crippen molar-refractivity contribution in [2.45, 2.75) is 39.0 Å². The topological polar surface area (TPSA) is 26.3 Å². The van der Waals surface area contributed by atoms with Crippen molar-refractivity contribution in [3.05, 3.63) is 35.9 Å². The maximum atomic E-state index is 10.5. The van der Waals surface area contributed by atoms with Crippen LogP contribution in [0.4, 0.5) is 0 Å². The van der Waals surface area contributed by atoms with Gasteiger partial charge in [0.1, 0.15) is 0 Å². The van der Waals surface area contributed by atoms with Crippen molar-refractivity contribution in [1.29, 1.82) is 0 Å². The number of aryl methyl sites for hydroxylation is 1. The molecule has 0 N–H and O–H groups in total. The van der Waals surface area contributed by atoms with E-state index < -0.39 is 0 Å². The number of hydrogen-bond donors (Lipinski definition) is 0. The van der Waals surface area contributed by atoms with Gasteiger partial charge in [0.05, 0.1) is 6.61 Å². The van der Waals surface area contributed by atoms with Gasteiger partial charge in [-0.25, -0.2) is 0 Å². The second-order valence-corrected chi connectivity index (χ2v) is 4.14. The highest BCUT2D eigenvalue weighted by Gasteiger charge is 1.91. The van der Waals surface area contributed by atoms with Crippen LogP contribution in [0.5, 0.6) is 0 Å². The number of carbonyl (C=O) groups excluding carboxylic acids is 1. The number of rotatable bonds is 6. The molecule has 96 valence electrons. The van der Waals surface area contributed by atoms with E-state index in [2.05, 4.69) is 36.1 Å². The molecule has 2 nitrogen and oxygen atoms in total. The second-order valence-electron chi connectivity index (χ2n) is 4.14. The van der Waals surface area contributed by atoms with E-state index in [1.807, 2.05) is 6.07 Å². The number of benzene rings is 1. The van der Waals surface area contributed by atoms with E-state index in [1.54, 1.807) is 0 Å². The average molecular weight is 244 g/mol. The van der Waals surface area contributed by atoms with Crippen molar-refractivity contribution >= 4 is 5.97 Å². The van der Waals surface area contributed by atoms with E-state index in [-0.39, 0.29) is 5.97 Å². The highest BCUT2D eigenvalue weighted by atomic mass is 16.5. The molecule has 0 bridgehead atoms. The Morgan fingerprint density at radius 2 is 1.78 bits per heavy atom. The average Bonchev–Trinajstić information content (AvgIpc) is 2.37. The minimum Gasteiger partial charge on any atom is -0.466 e. The number of hydrogen-bond acceptors (Lipinski definition) is 2. The fourth-order valence-corrected chi connectivity index (χ4v) is 1.58. The molecule has 1 aromatic carbocycles. The standard InChI is InChI=1S/C16H20O2/c1-15(17)18-14-10-5-3-2-4-7-11-16-12-8-6-9-13-16/h6,8-9,12-13H,4-5,7,10-11,14H2,1H3. The molecule has 0 saturated carbocycles. The summed E-state index contributed by atoms with van der Waals surface area (Å²) < 4.78 is 4.82. The van der Waals surface area contributed by atoms with Gasteiger partial charge in [-0.05, 0) is 24.8 Å². The molecule has 2 heteroatoms. The monoisotopic (exact) mass is 244 g/mol. The molecule has 0 atom stereocenters. The molecule has 0 aliphatic heterocycles. The Kier molecular flexibility index (Phi) is 7.39. The minimum atomic E-state index is -0.217. The minimum absolute atomic E-state index is 0.217. The van der Waals surface area contributed by atoms with E-state index in [0.29, 0.717) is 6.61 Å². The first-order valence-corrected chi connectivity index (χ1v) is 6.42. The first-order valence-electron chi connectivity index (χ1n) is 6.42. The van der Waals surface area contributed by atoms with E-state index in [9.17, 15) is 4.79 Å². The van der Waals surface area contributed by atoms with Crippen molar-refractivity contribution in [2.75, 3.05) is 6.61 Å². The van der Waals surface area contributed by atoms with E-state index >= 15 is 0 Å². The van der Waals surface area contributed by atoms with Crippen LogP contribution >= 0.6 is 0 Å². The zero-order valence-electron chi connectivity index (χ0n) is 10.9. The van der Waals surface area contributed by atoms with Crippen LogP contribution in [0.1, 0.15) is 38.2 Å². The smallest absolute Gasteiger partial charge is 0.302 e. The van der Waals surface area contributed by atoms with Gasteiger partial charge in [-0.15, -0.1) is 11.8 Å². The van der Waals surface area contributed by atoms with Gasteiger partial charge >= 0.3 is 5.97 Å². The molecule has 0 fully saturated rings. The molecular weight excluding hydrogens is 224 g/mol. The second kappa shape index (κ2) is 9.30. The molecule has 0 saturated heterocycles. The molecule has 1 rings (SSSR count). The van der Waals surface area contributed by atoms with Crippen LogP contribution < -0.4 is 0 Å².